The van der Waals surface area contributed by atoms with Gasteiger partial charge in [0.05, 0.1) is 0 Å². The van der Waals surface area contributed by atoms with Crippen molar-refractivity contribution >= 4 is 5.91 Å². The molecule has 2 aliphatic rings. The fraction of sp³-hybridized carbons (Fsp3) is 0.900. The van der Waals surface area contributed by atoms with E-state index in [1.165, 1.54) is 12.8 Å². The van der Waals surface area contributed by atoms with E-state index in [9.17, 15) is 4.79 Å². The van der Waals surface area contributed by atoms with Crippen molar-refractivity contribution in [3.8, 4) is 0 Å². The number of carbonyl (C=O) groups excluding carboxylic acids is 1. The van der Waals surface area contributed by atoms with E-state index in [0.717, 1.165) is 25.8 Å². The number of hydrogen-bond donors (Lipinski definition) is 1. The van der Waals surface area contributed by atoms with E-state index < -0.39 is 0 Å². The molecule has 0 spiro atoms. The zero-order valence-corrected chi connectivity index (χ0v) is 8.25. The average Bonchev–Trinajstić information content (AvgIpc) is 2.88. The van der Waals surface area contributed by atoms with Crippen LogP contribution in [0.3, 0.4) is 0 Å². The lowest BCUT2D eigenvalue weighted by Crippen LogP contribution is -2.36. The zero-order chi connectivity index (χ0) is 9.26. The molecule has 3 heteroatoms. The molecule has 2 rings (SSSR count). The minimum absolute atomic E-state index is 0.392. The highest BCUT2D eigenvalue weighted by molar-refractivity contribution is 5.79. The zero-order valence-electron chi connectivity index (χ0n) is 8.25. The number of likely N-dealkylation sites (tertiary alicyclic amines) is 1. The van der Waals surface area contributed by atoms with Gasteiger partial charge >= 0.3 is 0 Å². The van der Waals surface area contributed by atoms with Crippen LogP contribution >= 0.6 is 0 Å². The van der Waals surface area contributed by atoms with Gasteiger partial charge in [-0.25, -0.2) is 0 Å². The molecule has 13 heavy (non-hydrogen) atoms. The van der Waals surface area contributed by atoms with Crippen molar-refractivity contribution in [2.75, 3.05) is 13.6 Å². The molecule has 1 heterocycles. The third-order valence-electron chi connectivity index (χ3n) is 3.04. The van der Waals surface area contributed by atoms with Crippen LogP contribution in [0.1, 0.15) is 32.1 Å². The van der Waals surface area contributed by atoms with Crippen molar-refractivity contribution in [3.05, 3.63) is 0 Å². The summed E-state index contributed by atoms with van der Waals surface area (Å²) >= 11 is 0. The summed E-state index contributed by atoms with van der Waals surface area (Å²) in [6.07, 6.45) is 5.46. The van der Waals surface area contributed by atoms with Gasteiger partial charge in [-0.05, 0) is 39.3 Å². The Balaban J connectivity index is 1.90. The van der Waals surface area contributed by atoms with E-state index >= 15 is 0 Å². The lowest BCUT2D eigenvalue weighted by molar-refractivity contribution is -0.129. The van der Waals surface area contributed by atoms with Crippen LogP contribution in [0.2, 0.25) is 0 Å². The monoisotopic (exact) mass is 182 g/mol. The topological polar surface area (TPSA) is 32.3 Å². The predicted octanol–water partition coefficient (Wildman–Crippen LogP) is 0.749. The molecule has 0 bridgehead atoms. The number of nitrogens with zero attached hydrogens (tertiary/aromatic N) is 1. The van der Waals surface area contributed by atoms with Gasteiger partial charge in [-0.1, -0.05) is 0 Å². The molecule has 3 nitrogen and oxygen atoms in total. The Kier molecular flexibility index (Phi) is 2.54. The van der Waals surface area contributed by atoms with Crippen LogP contribution in [0.25, 0.3) is 0 Å². The normalized spacial score (nSPS) is 28.5. The molecular formula is C10H18N2O. The molecule has 1 aliphatic carbocycles. The summed E-state index contributed by atoms with van der Waals surface area (Å²) < 4.78 is 0. The van der Waals surface area contributed by atoms with Crippen LogP contribution in [-0.4, -0.2) is 36.5 Å². The largest absolute Gasteiger partial charge is 0.337 e. The Morgan fingerprint density at radius 1 is 1.46 bits per heavy atom. The second-order valence-electron chi connectivity index (χ2n) is 4.12. The second-order valence-corrected chi connectivity index (χ2v) is 4.12. The summed E-state index contributed by atoms with van der Waals surface area (Å²) in [4.78, 5) is 13.7. The molecule has 74 valence electrons. The summed E-state index contributed by atoms with van der Waals surface area (Å²) in [6, 6.07) is 1.14. The maximum absolute atomic E-state index is 11.5. The van der Waals surface area contributed by atoms with Gasteiger partial charge in [0, 0.05) is 18.5 Å². The molecule has 1 atom stereocenters. The summed E-state index contributed by atoms with van der Waals surface area (Å²) in [5.74, 6) is 0.392. The SMILES string of the molecule is CNCCC1CCC(=O)N1C1CC1. The Morgan fingerprint density at radius 2 is 2.23 bits per heavy atom. The first-order valence-electron chi connectivity index (χ1n) is 5.28. The molecule has 1 N–H and O–H groups in total. The molecule has 0 radical (unpaired) electrons. The Morgan fingerprint density at radius 3 is 2.85 bits per heavy atom. The molecule has 0 aromatic heterocycles. The van der Waals surface area contributed by atoms with Crippen LogP contribution in [0.4, 0.5) is 0 Å². The van der Waals surface area contributed by atoms with Crippen LogP contribution < -0.4 is 5.32 Å². The average molecular weight is 182 g/mol. The molecule has 1 aliphatic heterocycles. The van der Waals surface area contributed by atoms with E-state index in [2.05, 4.69) is 10.2 Å². The van der Waals surface area contributed by atoms with Crippen molar-refractivity contribution < 1.29 is 4.79 Å². The fourth-order valence-corrected chi connectivity index (χ4v) is 2.21. The number of hydrogen-bond acceptors (Lipinski definition) is 2. The quantitative estimate of drug-likeness (QED) is 0.696. The Hall–Kier alpha value is -0.570. The predicted molar refractivity (Wildman–Crippen MR) is 51.4 cm³/mol. The summed E-state index contributed by atoms with van der Waals surface area (Å²) in [5.41, 5.74) is 0. The van der Waals surface area contributed by atoms with Crippen LogP contribution in [-0.2, 0) is 4.79 Å². The molecule has 2 fully saturated rings. The van der Waals surface area contributed by atoms with Gasteiger partial charge in [-0.15, -0.1) is 0 Å². The Bertz CT molecular complexity index is 201. The second kappa shape index (κ2) is 3.66. The van der Waals surface area contributed by atoms with Crippen molar-refractivity contribution in [2.24, 2.45) is 0 Å². The molecule has 1 unspecified atom stereocenters. The Labute approximate surface area is 79.5 Å². The minimum atomic E-state index is 0.392. The van der Waals surface area contributed by atoms with Gasteiger partial charge in [-0.2, -0.15) is 0 Å². The summed E-state index contributed by atoms with van der Waals surface area (Å²) in [6.45, 7) is 1.03. The molecule has 1 saturated heterocycles. The van der Waals surface area contributed by atoms with Crippen LogP contribution in [0.15, 0.2) is 0 Å². The van der Waals surface area contributed by atoms with Crippen LogP contribution in [0.5, 0.6) is 0 Å². The maximum atomic E-state index is 11.5. The molecular weight excluding hydrogens is 164 g/mol. The van der Waals surface area contributed by atoms with Gasteiger partial charge in [-0.3, -0.25) is 4.79 Å². The summed E-state index contributed by atoms with van der Waals surface area (Å²) in [5, 5.41) is 3.15. The lowest BCUT2D eigenvalue weighted by Gasteiger charge is -2.24. The molecule has 0 aromatic carbocycles. The highest BCUT2D eigenvalue weighted by atomic mass is 16.2. The van der Waals surface area contributed by atoms with E-state index in [-0.39, 0.29) is 0 Å². The fourth-order valence-electron chi connectivity index (χ4n) is 2.21. The highest BCUT2D eigenvalue weighted by Crippen LogP contribution is 2.34. The summed E-state index contributed by atoms with van der Waals surface area (Å²) in [7, 11) is 1.97. The van der Waals surface area contributed by atoms with Crippen LogP contribution in [0, 0.1) is 0 Å². The van der Waals surface area contributed by atoms with Gasteiger partial charge in [0.2, 0.25) is 5.91 Å². The first kappa shape index (κ1) is 9.00. The van der Waals surface area contributed by atoms with E-state index in [1.807, 2.05) is 7.05 Å². The van der Waals surface area contributed by atoms with Crippen molar-refractivity contribution in [2.45, 2.75) is 44.2 Å². The maximum Gasteiger partial charge on any atom is 0.223 e. The molecule has 1 amide bonds. The van der Waals surface area contributed by atoms with Crippen molar-refractivity contribution in [1.29, 1.82) is 0 Å². The van der Waals surface area contributed by atoms with Crippen molar-refractivity contribution in [1.82, 2.24) is 10.2 Å². The molecule has 0 aromatic rings. The standard InChI is InChI=1S/C10H18N2O/c1-11-7-6-9-4-5-10(13)12(9)8-2-3-8/h8-9,11H,2-7H2,1H3. The first-order valence-corrected chi connectivity index (χ1v) is 5.28. The number of amides is 1. The third kappa shape index (κ3) is 1.85. The highest BCUT2D eigenvalue weighted by Gasteiger charge is 2.40. The van der Waals surface area contributed by atoms with Gasteiger partial charge in [0.25, 0.3) is 0 Å². The first-order chi connectivity index (χ1) is 6.33. The van der Waals surface area contributed by atoms with E-state index in [4.69, 9.17) is 0 Å². The third-order valence-corrected chi connectivity index (χ3v) is 3.04. The number of rotatable bonds is 4. The van der Waals surface area contributed by atoms with Gasteiger partial charge in [0.15, 0.2) is 0 Å². The van der Waals surface area contributed by atoms with Gasteiger partial charge < -0.3 is 10.2 Å². The van der Waals surface area contributed by atoms with E-state index in [0.29, 0.717) is 18.0 Å². The molecule has 1 saturated carbocycles. The van der Waals surface area contributed by atoms with E-state index in [1.54, 1.807) is 0 Å². The lowest BCUT2D eigenvalue weighted by atomic mass is 10.1. The number of nitrogens with one attached hydrogen (secondary N) is 1. The van der Waals surface area contributed by atoms with Crippen molar-refractivity contribution in [3.63, 3.8) is 0 Å². The smallest absolute Gasteiger partial charge is 0.223 e. The number of carbonyl (C=O) groups is 1. The minimum Gasteiger partial charge on any atom is -0.337 e. The van der Waals surface area contributed by atoms with Gasteiger partial charge in [0.1, 0.15) is 0 Å².